The van der Waals surface area contributed by atoms with Crippen LogP contribution >= 0.6 is 12.2 Å². The van der Waals surface area contributed by atoms with Crippen molar-refractivity contribution in [3.05, 3.63) is 76.6 Å². The molecule has 0 fully saturated rings. The van der Waals surface area contributed by atoms with Gasteiger partial charge in [-0.15, -0.1) is 0 Å². The number of nitrogens with one attached hydrogen (secondary N) is 2. The Morgan fingerprint density at radius 2 is 1.46 bits per heavy atom. The summed E-state index contributed by atoms with van der Waals surface area (Å²) in [5.74, 6) is 0. The van der Waals surface area contributed by atoms with Gasteiger partial charge in [0.2, 0.25) is 0 Å². The first-order valence-electron chi connectivity index (χ1n) is 8.66. The molecule has 3 rings (SSSR count). The van der Waals surface area contributed by atoms with Crippen molar-refractivity contribution in [3.63, 3.8) is 0 Å². The molecule has 0 aliphatic heterocycles. The van der Waals surface area contributed by atoms with E-state index in [4.69, 9.17) is 12.2 Å². The fraction of sp³-hybridized carbons (Fsp3) is 0.238. The highest BCUT2D eigenvalue weighted by molar-refractivity contribution is 7.80. The summed E-state index contributed by atoms with van der Waals surface area (Å²) in [6.07, 6.45) is 0. The Morgan fingerprint density at radius 1 is 0.885 bits per heavy atom. The van der Waals surface area contributed by atoms with Crippen LogP contribution in [0.25, 0.3) is 0 Å². The molecule has 0 bridgehead atoms. The third-order valence-electron chi connectivity index (χ3n) is 4.38. The highest BCUT2D eigenvalue weighted by Gasteiger charge is 2.13. The van der Waals surface area contributed by atoms with E-state index in [1.165, 1.54) is 16.7 Å². The van der Waals surface area contributed by atoms with Crippen molar-refractivity contribution < 1.29 is 0 Å². The van der Waals surface area contributed by atoms with E-state index in [1.807, 2.05) is 23.7 Å². The first kappa shape index (κ1) is 18.1. The maximum absolute atomic E-state index is 5.46. The van der Waals surface area contributed by atoms with Crippen molar-refractivity contribution in [2.45, 2.75) is 34.2 Å². The van der Waals surface area contributed by atoms with Crippen LogP contribution in [-0.2, 0) is 6.54 Å². The number of aryl methyl sites for hydroxylation is 3. The van der Waals surface area contributed by atoms with Gasteiger partial charge in [0, 0.05) is 5.69 Å². The molecule has 2 N–H and O–H groups in total. The van der Waals surface area contributed by atoms with Gasteiger partial charge in [-0.2, -0.15) is 5.10 Å². The number of thiocarbonyl (C=S) groups is 1. The highest BCUT2D eigenvalue weighted by atomic mass is 32.1. The summed E-state index contributed by atoms with van der Waals surface area (Å²) in [7, 11) is 0. The molecule has 3 aromatic rings. The van der Waals surface area contributed by atoms with Crippen LogP contribution in [0, 0.1) is 27.7 Å². The van der Waals surface area contributed by atoms with Gasteiger partial charge in [0.15, 0.2) is 5.11 Å². The zero-order valence-corrected chi connectivity index (χ0v) is 16.4. The standard InChI is InChI=1S/C21H24N4S/c1-14-5-9-18(10-6-14)13-25-17(4)20(16(3)24-25)23-21(26)22-19-11-7-15(2)8-12-19/h5-12H,13H2,1-4H3,(H2,22,23,26). The second-order valence-electron chi connectivity index (χ2n) is 6.63. The molecule has 0 unspecified atom stereocenters. The van der Waals surface area contributed by atoms with Gasteiger partial charge in [0.25, 0.3) is 0 Å². The van der Waals surface area contributed by atoms with Gasteiger partial charge in [-0.05, 0) is 57.6 Å². The molecule has 0 aliphatic rings. The number of hydrogen-bond donors (Lipinski definition) is 2. The first-order chi connectivity index (χ1) is 12.4. The molecule has 0 atom stereocenters. The van der Waals surface area contributed by atoms with E-state index in [1.54, 1.807) is 0 Å². The molecule has 4 nitrogen and oxygen atoms in total. The maximum atomic E-state index is 5.46. The molecular formula is C21H24N4S. The van der Waals surface area contributed by atoms with E-state index in [0.29, 0.717) is 5.11 Å². The Hall–Kier alpha value is -2.66. The van der Waals surface area contributed by atoms with Gasteiger partial charge in [0.1, 0.15) is 0 Å². The lowest BCUT2D eigenvalue weighted by atomic mass is 10.1. The van der Waals surface area contributed by atoms with Gasteiger partial charge < -0.3 is 10.6 Å². The molecule has 0 spiro atoms. The van der Waals surface area contributed by atoms with Crippen LogP contribution in [0.5, 0.6) is 0 Å². The number of hydrogen-bond acceptors (Lipinski definition) is 2. The van der Waals surface area contributed by atoms with Crippen LogP contribution in [0.2, 0.25) is 0 Å². The molecule has 0 saturated carbocycles. The Balaban J connectivity index is 1.71. The summed E-state index contributed by atoms with van der Waals surface area (Å²) < 4.78 is 2.01. The lowest BCUT2D eigenvalue weighted by Crippen LogP contribution is -2.20. The topological polar surface area (TPSA) is 41.9 Å². The fourth-order valence-electron chi connectivity index (χ4n) is 2.81. The first-order valence-corrected chi connectivity index (χ1v) is 9.07. The Morgan fingerprint density at radius 3 is 2.08 bits per heavy atom. The molecule has 5 heteroatoms. The van der Waals surface area contributed by atoms with Crippen molar-refractivity contribution >= 4 is 28.7 Å². The molecular weight excluding hydrogens is 340 g/mol. The van der Waals surface area contributed by atoms with E-state index in [0.717, 1.165) is 29.3 Å². The SMILES string of the molecule is Cc1ccc(Cn2nc(C)c(NC(=S)Nc3ccc(C)cc3)c2C)cc1. The van der Waals surface area contributed by atoms with Crippen LogP contribution in [0.15, 0.2) is 48.5 Å². The average Bonchev–Trinajstić information content (AvgIpc) is 2.86. The number of rotatable bonds is 4. The van der Waals surface area contributed by atoms with Crippen molar-refractivity contribution in [1.29, 1.82) is 0 Å². The van der Waals surface area contributed by atoms with Crippen molar-refractivity contribution in [3.8, 4) is 0 Å². The quantitative estimate of drug-likeness (QED) is 0.641. The largest absolute Gasteiger partial charge is 0.332 e. The minimum atomic E-state index is 0.565. The van der Waals surface area contributed by atoms with Gasteiger partial charge in [-0.25, -0.2) is 0 Å². The predicted octanol–water partition coefficient (Wildman–Crippen LogP) is 4.97. The summed E-state index contributed by atoms with van der Waals surface area (Å²) in [6, 6.07) is 16.7. The molecule has 0 aliphatic carbocycles. The summed E-state index contributed by atoms with van der Waals surface area (Å²) >= 11 is 5.46. The molecule has 1 heterocycles. The normalized spacial score (nSPS) is 10.6. The van der Waals surface area contributed by atoms with Crippen molar-refractivity contribution in [2.75, 3.05) is 10.6 Å². The van der Waals surface area contributed by atoms with E-state index >= 15 is 0 Å². The minimum absolute atomic E-state index is 0.565. The van der Waals surface area contributed by atoms with E-state index < -0.39 is 0 Å². The second-order valence-corrected chi connectivity index (χ2v) is 7.04. The smallest absolute Gasteiger partial charge is 0.175 e. The van der Waals surface area contributed by atoms with Gasteiger partial charge in [-0.1, -0.05) is 47.5 Å². The number of nitrogens with zero attached hydrogens (tertiary/aromatic N) is 2. The lowest BCUT2D eigenvalue weighted by Gasteiger charge is -2.11. The maximum Gasteiger partial charge on any atom is 0.175 e. The molecule has 2 aromatic carbocycles. The number of anilines is 2. The predicted molar refractivity (Wildman–Crippen MR) is 113 cm³/mol. The fourth-order valence-corrected chi connectivity index (χ4v) is 3.03. The average molecular weight is 365 g/mol. The third kappa shape index (κ3) is 4.29. The van der Waals surface area contributed by atoms with Crippen molar-refractivity contribution in [1.82, 2.24) is 9.78 Å². The highest BCUT2D eigenvalue weighted by Crippen LogP contribution is 2.21. The molecule has 0 saturated heterocycles. The van der Waals surface area contributed by atoms with Gasteiger partial charge >= 0.3 is 0 Å². The zero-order chi connectivity index (χ0) is 18.7. The van der Waals surface area contributed by atoms with Gasteiger partial charge in [0.05, 0.1) is 23.6 Å². The Bertz CT molecular complexity index is 908. The minimum Gasteiger partial charge on any atom is -0.332 e. The molecule has 0 amide bonds. The van der Waals surface area contributed by atoms with Crippen LogP contribution in [0.4, 0.5) is 11.4 Å². The lowest BCUT2D eigenvalue weighted by molar-refractivity contribution is 0.659. The zero-order valence-electron chi connectivity index (χ0n) is 15.6. The van der Waals surface area contributed by atoms with Crippen LogP contribution < -0.4 is 10.6 Å². The summed E-state index contributed by atoms with van der Waals surface area (Å²) in [6.45, 7) is 8.96. The second kappa shape index (κ2) is 7.70. The van der Waals surface area contributed by atoms with Crippen LogP contribution in [-0.4, -0.2) is 14.9 Å². The van der Waals surface area contributed by atoms with Crippen LogP contribution in [0.3, 0.4) is 0 Å². The monoisotopic (exact) mass is 364 g/mol. The summed E-state index contributed by atoms with van der Waals surface area (Å²) in [4.78, 5) is 0. The van der Waals surface area contributed by atoms with E-state index in [-0.39, 0.29) is 0 Å². The van der Waals surface area contributed by atoms with E-state index in [2.05, 4.69) is 72.9 Å². The Kier molecular flexibility index (Phi) is 5.38. The van der Waals surface area contributed by atoms with Crippen LogP contribution in [0.1, 0.15) is 28.1 Å². The Labute approximate surface area is 160 Å². The number of aromatic nitrogens is 2. The third-order valence-corrected chi connectivity index (χ3v) is 4.59. The summed E-state index contributed by atoms with van der Waals surface area (Å²) in [5.41, 5.74) is 7.64. The van der Waals surface area contributed by atoms with Crippen molar-refractivity contribution in [2.24, 2.45) is 0 Å². The number of benzene rings is 2. The van der Waals surface area contributed by atoms with Gasteiger partial charge in [-0.3, -0.25) is 4.68 Å². The molecule has 0 radical (unpaired) electrons. The summed E-state index contributed by atoms with van der Waals surface area (Å²) in [5, 5.41) is 11.7. The molecule has 26 heavy (non-hydrogen) atoms. The molecule has 1 aromatic heterocycles. The van der Waals surface area contributed by atoms with E-state index in [9.17, 15) is 0 Å². The molecule has 134 valence electrons.